The van der Waals surface area contributed by atoms with Crippen LogP contribution in [0.5, 0.6) is 0 Å². The van der Waals surface area contributed by atoms with Crippen molar-refractivity contribution in [2.45, 2.75) is 106 Å². The van der Waals surface area contributed by atoms with Crippen LogP contribution >= 0.6 is 0 Å². The number of hydrogen-bond donors (Lipinski definition) is 0. The molecule has 1 aromatic carbocycles. The molecule has 0 aliphatic rings. The molecule has 0 aliphatic carbocycles. The van der Waals surface area contributed by atoms with Crippen molar-refractivity contribution in [3.8, 4) is 0 Å². The van der Waals surface area contributed by atoms with Crippen LogP contribution in [0.15, 0.2) is 24.3 Å². The Morgan fingerprint density at radius 1 is 0.625 bits per heavy atom. The van der Waals surface area contributed by atoms with E-state index in [9.17, 15) is 0 Å². The Labute approximate surface area is 152 Å². The summed E-state index contributed by atoms with van der Waals surface area (Å²) in [6.07, 6.45) is 13.6. The molecule has 0 heteroatoms. The number of hydrogen-bond acceptors (Lipinski definition) is 0. The molecule has 0 saturated carbocycles. The largest absolute Gasteiger partial charge is 0.0654 e. The summed E-state index contributed by atoms with van der Waals surface area (Å²) in [4.78, 5) is 0. The summed E-state index contributed by atoms with van der Waals surface area (Å²) in [6, 6.07) is 9.38. The third-order valence-electron chi connectivity index (χ3n) is 4.90. The van der Waals surface area contributed by atoms with Gasteiger partial charge in [0.15, 0.2) is 0 Å². The number of unbranched alkanes of at least 4 members (excludes halogenated alkanes) is 6. The normalized spacial score (nSPS) is 12.6. The maximum absolute atomic E-state index is 2.44. The summed E-state index contributed by atoms with van der Waals surface area (Å²) in [5, 5.41) is 0. The van der Waals surface area contributed by atoms with Gasteiger partial charge >= 0.3 is 0 Å². The lowest BCUT2D eigenvalue weighted by Gasteiger charge is -2.25. The zero-order chi connectivity index (χ0) is 18.1. The fourth-order valence-electron chi connectivity index (χ4n) is 3.59. The van der Waals surface area contributed by atoms with Gasteiger partial charge in [0.2, 0.25) is 0 Å². The molecule has 24 heavy (non-hydrogen) atoms. The van der Waals surface area contributed by atoms with Crippen LogP contribution in [0.1, 0.15) is 104 Å². The summed E-state index contributed by atoms with van der Waals surface area (Å²) in [7, 11) is 0. The van der Waals surface area contributed by atoms with Gasteiger partial charge in [0, 0.05) is 0 Å². The van der Waals surface area contributed by atoms with Gasteiger partial charge < -0.3 is 0 Å². The molecule has 0 N–H and O–H groups in total. The Balaban J connectivity index is 2.32. The first kappa shape index (κ1) is 21.3. The molecular weight excluding hydrogens is 288 g/mol. The van der Waals surface area contributed by atoms with Crippen molar-refractivity contribution in [3.63, 3.8) is 0 Å². The van der Waals surface area contributed by atoms with Crippen molar-refractivity contribution >= 4 is 0 Å². The zero-order valence-electron chi connectivity index (χ0n) is 17.4. The third kappa shape index (κ3) is 10.2. The topological polar surface area (TPSA) is 0 Å². The lowest BCUT2D eigenvalue weighted by atomic mass is 9.80. The van der Waals surface area contributed by atoms with Crippen LogP contribution in [0, 0.1) is 10.8 Å². The lowest BCUT2D eigenvalue weighted by molar-refractivity contribution is 0.316. The number of benzene rings is 1. The van der Waals surface area contributed by atoms with Gasteiger partial charge in [-0.2, -0.15) is 0 Å². The molecule has 0 amide bonds. The van der Waals surface area contributed by atoms with Crippen molar-refractivity contribution < 1.29 is 0 Å². The first-order chi connectivity index (χ1) is 11.2. The fourth-order valence-corrected chi connectivity index (χ4v) is 3.59. The van der Waals surface area contributed by atoms with Crippen molar-refractivity contribution in [2.75, 3.05) is 0 Å². The van der Waals surface area contributed by atoms with Gasteiger partial charge in [-0.05, 0) is 41.2 Å². The zero-order valence-corrected chi connectivity index (χ0v) is 17.4. The summed E-state index contributed by atoms with van der Waals surface area (Å²) >= 11 is 0. The first-order valence-electron chi connectivity index (χ1n) is 10.3. The minimum absolute atomic E-state index is 0.373. The molecule has 1 aromatic rings. The average molecular weight is 331 g/mol. The van der Waals surface area contributed by atoms with E-state index >= 15 is 0 Å². The van der Waals surface area contributed by atoms with Crippen LogP contribution in [0.4, 0.5) is 0 Å². The van der Waals surface area contributed by atoms with E-state index in [1.54, 1.807) is 0 Å². The van der Waals surface area contributed by atoms with Crippen molar-refractivity contribution in [1.29, 1.82) is 0 Å². The van der Waals surface area contributed by atoms with E-state index in [0.29, 0.717) is 10.8 Å². The Hall–Kier alpha value is -0.780. The SMILES string of the molecule is CCCCCCCCCC(C)(C)Cc1ccc(CC(C)(C)C)cc1. The van der Waals surface area contributed by atoms with E-state index < -0.39 is 0 Å². The van der Waals surface area contributed by atoms with Crippen molar-refractivity contribution in [2.24, 2.45) is 10.8 Å². The fraction of sp³-hybridized carbons (Fsp3) is 0.750. The molecule has 0 spiro atoms. The van der Waals surface area contributed by atoms with Gasteiger partial charge in [-0.15, -0.1) is 0 Å². The predicted molar refractivity (Wildman–Crippen MR) is 110 cm³/mol. The van der Waals surface area contributed by atoms with E-state index in [1.165, 1.54) is 68.9 Å². The monoisotopic (exact) mass is 330 g/mol. The van der Waals surface area contributed by atoms with E-state index in [2.05, 4.69) is 65.8 Å². The maximum atomic E-state index is 2.44. The summed E-state index contributed by atoms with van der Waals surface area (Å²) in [6.45, 7) is 14.1. The Bertz CT molecular complexity index is 430. The molecule has 0 bridgehead atoms. The molecule has 138 valence electrons. The minimum Gasteiger partial charge on any atom is -0.0654 e. The van der Waals surface area contributed by atoms with Crippen molar-refractivity contribution in [1.82, 2.24) is 0 Å². The second-order valence-electron chi connectivity index (χ2n) is 9.77. The highest BCUT2D eigenvalue weighted by atomic mass is 14.2. The molecule has 0 heterocycles. The lowest BCUT2D eigenvalue weighted by Crippen LogP contribution is -2.15. The summed E-state index contributed by atoms with van der Waals surface area (Å²) < 4.78 is 0. The molecule has 0 nitrogen and oxygen atoms in total. The van der Waals surface area contributed by atoms with Crippen LogP contribution < -0.4 is 0 Å². The molecule has 1 rings (SSSR count). The minimum atomic E-state index is 0.373. The summed E-state index contributed by atoms with van der Waals surface area (Å²) in [5.74, 6) is 0. The molecule has 0 aliphatic heterocycles. The Morgan fingerprint density at radius 2 is 1.08 bits per heavy atom. The predicted octanol–water partition coefficient (Wildman–Crippen LogP) is 7.98. The highest BCUT2D eigenvalue weighted by Gasteiger charge is 2.18. The molecule has 0 aromatic heterocycles. The molecule has 0 radical (unpaired) electrons. The van der Waals surface area contributed by atoms with Gasteiger partial charge in [0.1, 0.15) is 0 Å². The second-order valence-corrected chi connectivity index (χ2v) is 9.77. The Kier molecular flexibility index (Phi) is 9.09. The third-order valence-corrected chi connectivity index (χ3v) is 4.90. The first-order valence-corrected chi connectivity index (χ1v) is 10.3. The van der Waals surface area contributed by atoms with Gasteiger partial charge in [0.05, 0.1) is 0 Å². The maximum Gasteiger partial charge on any atom is -0.0227 e. The molecular formula is C24H42. The van der Waals surface area contributed by atoms with Gasteiger partial charge in [-0.3, -0.25) is 0 Å². The standard InChI is InChI=1S/C24H42/c1-7-8-9-10-11-12-13-18-24(5,6)20-22-16-14-21(15-17-22)19-23(2,3)4/h14-17H,7-13,18-20H2,1-6H3. The van der Waals surface area contributed by atoms with Crippen LogP contribution in [-0.2, 0) is 12.8 Å². The van der Waals surface area contributed by atoms with Crippen LogP contribution in [0.25, 0.3) is 0 Å². The highest BCUT2D eigenvalue weighted by Crippen LogP contribution is 2.29. The molecule has 0 fully saturated rings. The van der Waals surface area contributed by atoms with Gasteiger partial charge in [0.25, 0.3) is 0 Å². The molecule has 0 saturated heterocycles. The average Bonchev–Trinajstić information content (AvgIpc) is 2.46. The smallest absolute Gasteiger partial charge is 0.0227 e. The van der Waals surface area contributed by atoms with Crippen LogP contribution in [0.3, 0.4) is 0 Å². The summed E-state index contributed by atoms with van der Waals surface area (Å²) in [5.41, 5.74) is 3.77. The van der Waals surface area contributed by atoms with Gasteiger partial charge in [-0.1, -0.05) is 111 Å². The highest BCUT2D eigenvalue weighted by molar-refractivity contribution is 5.24. The van der Waals surface area contributed by atoms with E-state index in [1.807, 2.05) is 0 Å². The molecule has 0 atom stereocenters. The van der Waals surface area contributed by atoms with E-state index in [0.717, 1.165) is 6.42 Å². The van der Waals surface area contributed by atoms with Crippen LogP contribution in [0.2, 0.25) is 0 Å². The van der Waals surface area contributed by atoms with Gasteiger partial charge in [-0.25, -0.2) is 0 Å². The second kappa shape index (κ2) is 10.3. The quantitative estimate of drug-likeness (QED) is 0.361. The molecule has 0 unspecified atom stereocenters. The van der Waals surface area contributed by atoms with Crippen molar-refractivity contribution in [3.05, 3.63) is 35.4 Å². The Morgan fingerprint density at radius 3 is 1.58 bits per heavy atom. The van der Waals surface area contributed by atoms with Crippen LogP contribution in [-0.4, -0.2) is 0 Å². The van der Waals surface area contributed by atoms with E-state index in [-0.39, 0.29) is 0 Å². The van der Waals surface area contributed by atoms with E-state index in [4.69, 9.17) is 0 Å². The number of rotatable bonds is 11.